The lowest BCUT2D eigenvalue weighted by molar-refractivity contribution is -0.131. The first-order chi connectivity index (χ1) is 13.4. The molecule has 0 bridgehead atoms. The topological polar surface area (TPSA) is 117 Å². The molecule has 3 aliphatic rings. The molecule has 2 heterocycles. The zero-order valence-corrected chi connectivity index (χ0v) is 15.5. The third-order valence-electron chi connectivity index (χ3n) is 5.46. The zero-order valence-electron chi connectivity index (χ0n) is 15.5. The van der Waals surface area contributed by atoms with Crippen molar-refractivity contribution < 1.29 is 23.9 Å². The molecular weight excluding hydrogens is 364 g/mol. The van der Waals surface area contributed by atoms with Crippen LogP contribution in [-0.2, 0) is 14.4 Å². The van der Waals surface area contributed by atoms with Crippen LogP contribution in [0.4, 0.5) is 16.2 Å². The van der Waals surface area contributed by atoms with Crippen molar-refractivity contribution in [2.24, 2.45) is 0 Å². The van der Waals surface area contributed by atoms with Gasteiger partial charge in [-0.3, -0.25) is 19.3 Å². The van der Waals surface area contributed by atoms with Gasteiger partial charge in [0.2, 0.25) is 5.91 Å². The summed E-state index contributed by atoms with van der Waals surface area (Å²) in [6.07, 6.45) is 2.56. The third kappa shape index (κ3) is 3.17. The lowest BCUT2D eigenvalue weighted by atomic mass is 9.98. The predicted octanol–water partition coefficient (Wildman–Crippen LogP) is 1.60. The first kappa shape index (κ1) is 18.3. The molecule has 148 valence electrons. The molecule has 1 aromatic rings. The molecule has 5 amide bonds. The van der Waals surface area contributed by atoms with Gasteiger partial charge in [-0.05, 0) is 38.0 Å². The van der Waals surface area contributed by atoms with Gasteiger partial charge in [-0.15, -0.1) is 0 Å². The molecule has 1 spiro atoms. The fraction of sp³-hybridized carbons (Fsp3) is 0.474. The van der Waals surface area contributed by atoms with E-state index >= 15 is 0 Å². The molecule has 1 aromatic carbocycles. The highest BCUT2D eigenvalue weighted by Crippen LogP contribution is 2.35. The van der Waals surface area contributed by atoms with E-state index in [9.17, 15) is 19.2 Å². The van der Waals surface area contributed by atoms with Gasteiger partial charge in [0, 0.05) is 18.7 Å². The van der Waals surface area contributed by atoms with E-state index in [1.807, 2.05) is 0 Å². The average Bonchev–Trinajstić information content (AvgIpc) is 3.20. The van der Waals surface area contributed by atoms with Crippen molar-refractivity contribution in [1.29, 1.82) is 0 Å². The molecule has 2 aliphatic heterocycles. The molecule has 1 saturated heterocycles. The number of imide groups is 1. The Morgan fingerprint density at radius 2 is 2.04 bits per heavy atom. The maximum atomic E-state index is 12.6. The van der Waals surface area contributed by atoms with Crippen LogP contribution in [0.3, 0.4) is 0 Å². The van der Waals surface area contributed by atoms with Crippen molar-refractivity contribution >= 4 is 35.1 Å². The number of nitrogens with one attached hydrogen (secondary N) is 3. The number of urea groups is 1. The van der Waals surface area contributed by atoms with E-state index in [1.54, 1.807) is 25.1 Å². The molecule has 9 nitrogen and oxygen atoms in total. The van der Waals surface area contributed by atoms with Crippen LogP contribution < -0.4 is 20.7 Å². The van der Waals surface area contributed by atoms with Crippen LogP contribution in [0.1, 0.15) is 39.0 Å². The van der Waals surface area contributed by atoms with E-state index in [2.05, 4.69) is 16.0 Å². The molecular formula is C19H22N4O5. The highest BCUT2D eigenvalue weighted by Gasteiger charge is 2.52. The lowest BCUT2D eigenvalue weighted by Gasteiger charge is -2.23. The second-order valence-electron chi connectivity index (χ2n) is 7.43. The maximum absolute atomic E-state index is 12.6. The molecule has 0 unspecified atom stereocenters. The number of amides is 5. The second-order valence-corrected chi connectivity index (χ2v) is 7.43. The van der Waals surface area contributed by atoms with Gasteiger partial charge in [0.05, 0.1) is 5.69 Å². The number of hydrogen-bond donors (Lipinski definition) is 3. The smallest absolute Gasteiger partial charge is 0.325 e. The monoisotopic (exact) mass is 386 g/mol. The van der Waals surface area contributed by atoms with Gasteiger partial charge < -0.3 is 20.7 Å². The number of benzene rings is 1. The maximum Gasteiger partial charge on any atom is 0.325 e. The van der Waals surface area contributed by atoms with Crippen molar-refractivity contribution in [3.8, 4) is 5.75 Å². The van der Waals surface area contributed by atoms with Gasteiger partial charge in [-0.1, -0.05) is 12.8 Å². The van der Waals surface area contributed by atoms with E-state index in [-0.39, 0.29) is 30.7 Å². The number of carbonyl (C=O) groups is 4. The first-order valence-electron chi connectivity index (χ1n) is 9.43. The molecule has 4 rings (SSSR count). The molecule has 28 heavy (non-hydrogen) atoms. The van der Waals surface area contributed by atoms with Crippen molar-refractivity contribution in [2.45, 2.75) is 50.7 Å². The van der Waals surface area contributed by atoms with Crippen LogP contribution in [0.5, 0.6) is 5.75 Å². The Morgan fingerprint density at radius 1 is 1.29 bits per heavy atom. The van der Waals surface area contributed by atoms with E-state index in [4.69, 9.17) is 4.74 Å². The quantitative estimate of drug-likeness (QED) is 0.680. The molecule has 3 N–H and O–H groups in total. The molecule has 1 atom stereocenters. The number of fused-ring (bicyclic) bond motifs is 1. The minimum atomic E-state index is -0.763. The van der Waals surface area contributed by atoms with Crippen LogP contribution in [0, 0.1) is 0 Å². The highest BCUT2D eigenvalue weighted by molar-refractivity contribution is 6.07. The predicted molar refractivity (Wildman–Crippen MR) is 99.9 cm³/mol. The molecule has 9 heteroatoms. The summed E-state index contributed by atoms with van der Waals surface area (Å²) in [5.74, 6) is -0.281. The van der Waals surface area contributed by atoms with E-state index < -0.39 is 17.7 Å². The average molecular weight is 386 g/mol. The van der Waals surface area contributed by atoms with Crippen LogP contribution in [0.25, 0.3) is 0 Å². The highest BCUT2D eigenvalue weighted by atomic mass is 16.5. The Kier molecular flexibility index (Phi) is 4.44. The number of ether oxygens (including phenoxy) is 1. The van der Waals surface area contributed by atoms with Gasteiger partial charge in [0.25, 0.3) is 11.8 Å². The van der Waals surface area contributed by atoms with Crippen LogP contribution >= 0.6 is 0 Å². The van der Waals surface area contributed by atoms with Gasteiger partial charge in [0.15, 0.2) is 6.10 Å². The summed E-state index contributed by atoms with van der Waals surface area (Å²) in [6, 6.07) is 4.52. The van der Waals surface area contributed by atoms with Crippen molar-refractivity contribution in [1.82, 2.24) is 10.2 Å². The minimum absolute atomic E-state index is 0.00772. The van der Waals surface area contributed by atoms with E-state index in [1.165, 1.54) is 0 Å². The van der Waals surface area contributed by atoms with Gasteiger partial charge in [-0.25, -0.2) is 4.79 Å². The molecule has 0 radical (unpaired) electrons. The van der Waals surface area contributed by atoms with Crippen molar-refractivity contribution in [3.63, 3.8) is 0 Å². The summed E-state index contributed by atoms with van der Waals surface area (Å²) in [5, 5.41) is 8.23. The number of carbonyl (C=O) groups excluding carboxylic acids is 4. The minimum Gasteiger partial charge on any atom is -0.479 e. The number of hydrogen-bond acceptors (Lipinski definition) is 5. The van der Waals surface area contributed by atoms with Gasteiger partial charge >= 0.3 is 6.03 Å². The molecule has 1 saturated carbocycles. The first-order valence-corrected chi connectivity index (χ1v) is 9.43. The van der Waals surface area contributed by atoms with Crippen LogP contribution in [0.15, 0.2) is 18.2 Å². The Bertz CT molecular complexity index is 862. The molecule has 2 fully saturated rings. The van der Waals surface area contributed by atoms with Crippen molar-refractivity contribution in [3.05, 3.63) is 18.2 Å². The SMILES string of the molecule is C[C@H]1Oc2ccc(NC(=O)CCN3C(=O)NC4(CCCC4)C3=O)cc2NC1=O. The fourth-order valence-corrected chi connectivity index (χ4v) is 3.92. The normalized spacial score (nSPS) is 22.5. The Labute approximate surface area is 161 Å². The zero-order chi connectivity index (χ0) is 19.9. The Morgan fingerprint density at radius 3 is 2.79 bits per heavy atom. The molecule has 0 aromatic heterocycles. The fourth-order valence-electron chi connectivity index (χ4n) is 3.92. The lowest BCUT2D eigenvalue weighted by Crippen LogP contribution is -2.44. The van der Waals surface area contributed by atoms with E-state index in [0.717, 1.165) is 17.7 Å². The largest absolute Gasteiger partial charge is 0.479 e. The van der Waals surface area contributed by atoms with Crippen LogP contribution in [0.2, 0.25) is 0 Å². The third-order valence-corrected chi connectivity index (χ3v) is 5.46. The number of nitrogens with zero attached hydrogens (tertiary/aromatic N) is 1. The van der Waals surface area contributed by atoms with Crippen LogP contribution in [-0.4, -0.2) is 46.8 Å². The number of rotatable bonds is 4. The van der Waals surface area contributed by atoms with E-state index in [0.29, 0.717) is 30.0 Å². The second kappa shape index (κ2) is 6.81. The summed E-state index contributed by atoms with van der Waals surface area (Å²) in [4.78, 5) is 49.8. The summed E-state index contributed by atoms with van der Waals surface area (Å²) < 4.78 is 5.48. The Hall–Kier alpha value is -3.10. The summed E-state index contributed by atoms with van der Waals surface area (Å²) in [6.45, 7) is 1.68. The summed E-state index contributed by atoms with van der Waals surface area (Å²) in [7, 11) is 0. The van der Waals surface area contributed by atoms with Gasteiger partial charge in [-0.2, -0.15) is 0 Å². The molecule has 1 aliphatic carbocycles. The summed E-state index contributed by atoms with van der Waals surface area (Å²) in [5.41, 5.74) is 0.214. The number of anilines is 2. The summed E-state index contributed by atoms with van der Waals surface area (Å²) >= 11 is 0. The Balaban J connectivity index is 1.35. The standard InChI is InChI=1S/C19H22N4O5/c1-11-16(25)21-13-10-12(4-5-14(13)28-11)20-15(24)6-9-23-17(26)19(22-18(23)27)7-2-3-8-19/h4-5,10-11H,2-3,6-9H2,1H3,(H,20,24)(H,21,25)(H,22,27)/t11-/m1/s1. The van der Waals surface area contributed by atoms with Gasteiger partial charge in [0.1, 0.15) is 11.3 Å². The van der Waals surface area contributed by atoms with Crippen molar-refractivity contribution in [2.75, 3.05) is 17.2 Å².